The Morgan fingerprint density at radius 2 is 0.810 bits per heavy atom. The zero-order valence-corrected chi connectivity index (χ0v) is 37.4. The van der Waals surface area contributed by atoms with Gasteiger partial charge in [0.1, 0.15) is 12.2 Å². The van der Waals surface area contributed by atoms with Crippen LogP contribution in [0, 0.1) is 0 Å². The summed E-state index contributed by atoms with van der Waals surface area (Å²) in [7, 11) is -4.64. The van der Waals surface area contributed by atoms with Crippen LogP contribution in [0.2, 0.25) is 0 Å². The van der Waals surface area contributed by atoms with Crippen LogP contribution in [0.15, 0.2) is 60.8 Å². The third-order valence-electron chi connectivity index (χ3n) is 9.46. The molecule has 0 aromatic carbocycles. The Labute approximate surface area is 353 Å². The lowest BCUT2D eigenvalue weighted by molar-refractivity contribution is -0.153. The molecule has 336 valence electrons. The van der Waals surface area contributed by atoms with Crippen molar-refractivity contribution in [2.75, 3.05) is 26.4 Å². The molecule has 0 radical (unpaired) electrons. The quantitative estimate of drug-likeness (QED) is 0.0235. The number of allylic oxidation sites excluding steroid dienone is 10. The minimum Gasteiger partial charge on any atom is -0.457 e. The van der Waals surface area contributed by atoms with Crippen molar-refractivity contribution in [2.24, 2.45) is 0 Å². The summed E-state index contributed by atoms with van der Waals surface area (Å²) in [4.78, 5) is 34.5. The second-order valence-corrected chi connectivity index (χ2v) is 16.5. The normalized spacial score (nSPS) is 14.4. The van der Waals surface area contributed by atoms with Crippen LogP contribution in [-0.4, -0.2) is 65.7 Å². The maximum Gasteiger partial charge on any atom is 0.472 e. The number of esters is 2. The monoisotopic (exact) mass is 839 g/mol. The van der Waals surface area contributed by atoms with Crippen LogP contribution < -0.4 is 0 Å². The van der Waals surface area contributed by atoms with Crippen molar-refractivity contribution in [3.8, 4) is 0 Å². The zero-order chi connectivity index (χ0) is 42.6. The van der Waals surface area contributed by atoms with Crippen molar-refractivity contribution in [1.82, 2.24) is 0 Å². The lowest BCUT2D eigenvalue weighted by Crippen LogP contribution is -2.28. The predicted molar refractivity (Wildman–Crippen MR) is 237 cm³/mol. The van der Waals surface area contributed by atoms with E-state index in [9.17, 15) is 29.3 Å². The highest BCUT2D eigenvalue weighted by atomic mass is 31.2. The van der Waals surface area contributed by atoms with E-state index < -0.39 is 58.4 Å². The maximum absolute atomic E-state index is 12.4. The van der Waals surface area contributed by atoms with Gasteiger partial charge in [-0.3, -0.25) is 18.6 Å². The molecule has 0 fully saturated rings. The van der Waals surface area contributed by atoms with Gasteiger partial charge in [-0.25, -0.2) is 4.57 Å². The van der Waals surface area contributed by atoms with Crippen LogP contribution in [0.25, 0.3) is 0 Å². The molecule has 0 aliphatic heterocycles. The average Bonchev–Trinajstić information content (AvgIpc) is 3.21. The highest BCUT2D eigenvalue weighted by Crippen LogP contribution is 2.43. The van der Waals surface area contributed by atoms with Gasteiger partial charge in [-0.1, -0.05) is 158 Å². The average molecular weight is 839 g/mol. The van der Waals surface area contributed by atoms with Gasteiger partial charge in [0.25, 0.3) is 0 Å². The Kier molecular flexibility index (Phi) is 41.1. The molecule has 3 atom stereocenters. The van der Waals surface area contributed by atoms with Crippen molar-refractivity contribution < 1.29 is 47.8 Å². The Morgan fingerprint density at radius 3 is 1.19 bits per heavy atom. The van der Waals surface area contributed by atoms with E-state index in [1.165, 1.54) is 57.8 Å². The number of unbranched alkanes of at least 4 members (excludes halogenated alkanes) is 18. The molecule has 0 saturated carbocycles. The Balaban J connectivity index is 3.88. The number of aliphatic hydroxyl groups is 2. The van der Waals surface area contributed by atoms with Crippen molar-refractivity contribution in [3.63, 3.8) is 0 Å². The fourth-order valence-electron chi connectivity index (χ4n) is 5.98. The molecule has 0 aliphatic carbocycles. The number of ether oxygens (including phenoxy) is 2. The van der Waals surface area contributed by atoms with Crippen LogP contribution in [0.4, 0.5) is 0 Å². The van der Waals surface area contributed by atoms with Crippen molar-refractivity contribution in [2.45, 2.75) is 199 Å². The fraction of sp³-hybridized carbons (Fsp3) is 0.745. The van der Waals surface area contributed by atoms with Crippen LogP contribution in [0.1, 0.15) is 187 Å². The van der Waals surface area contributed by atoms with Gasteiger partial charge in [0.2, 0.25) is 0 Å². The van der Waals surface area contributed by atoms with E-state index in [1.807, 2.05) is 0 Å². The fourth-order valence-corrected chi connectivity index (χ4v) is 6.77. The van der Waals surface area contributed by atoms with Gasteiger partial charge in [0.05, 0.1) is 26.4 Å². The van der Waals surface area contributed by atoms with Crippen LogP contribution in [-0.2, 0) is 32.7 Å². The first-order valence-corrected chi connectivity index (χ1v) is 24.2. The zero-order valence-electron chi connectivity index (χ0n) is 36.5. The predicted octanol–water partition coefficient (Wildman–Crippen LogP) is 12.3. The molecule has 0 bridgehead atoms. The lowest BCUT2D eigenvalue weighted by Gasteiger charge is -2.20. The minimum atomic E-state index is -4.64. The molecule has 0 aromatic rings. The maximum atomic E-state index is 12.4. The lowest BCUT2D eigenvalue weighted by atomic mass is 10.0. The number of hydrogen-bond acceptors (Lipinski definition) is 9. The number of phosphoric ester groups is 1. The van der Waals surface area contributed by atoms with Crippen molar-refractivity contribution in [1.29, 1.82) is 0 Å². The molecule has 0 saturated heterocycles. The minimum absolute atomic E-state index is 0.180. The van der Waals surface area contributed by atoms with Gasteiger partial charge < -0.3 is 24.6 Å². The van der Waals surface area contributed by atoms with Gasteiger partial charge in [0.15, 0.2) is 0 Å². The van der Waals surface area contributed by atoms with E-state index in [-0.39, 0.29) is 12.8 Å². The standard InChI is InChI=1S/C47H83O10P/c1-3-5-7-9-11-13-15-17-18-19-20-21-22-23-24-25-26-27-29-31-33-35-37-39-47(51)57-45(41-49)43-55-58(52,53)54-42-44(40-48)56-46(50)38-36-34-32-30-28-16-14-12-10-8-6-4-2/h5,7,11-14,17-18,20-21,44-45,48-49H,3-4,6,8-10,15-16,19,22-43H2,1-2H3,(H,52,53)/b7-5-,13-11-,14-12-,18-17-,21-20-. The molecule has 0 heterocycles. The number of rotatable bonds is 42. The molecule has 0 spiro atoms. The van der Waals surface area contributed by atoms with Crippen LogP contribution in [0.3, 0.4) is 0 Å². The van der Waals surface area contributed by atoms with Gasteiger partial charge in [0, 0.05) is 12.8 Å². The van der Waals surface area contributed by atoms with Crippen LogP contribution in [0.5, 0.6) is 0 Å². The summed E-state index contributed by atoms with van der Waals surface area (Å²) in [5.74, 6) is -1.03. The topological polar surface area (TPSA) is 149 Å². The number of carbonyl (C=O) groups is 2. The van der Waals surface area contributed by atoms with Gasteiger partial charge in [-0.2, -0.15) is 0 Å². The SMILES string of the molecule is CC/C=C\C/C=C\C/C=C\C/C=C\CCCCCCCCCCCCC(=O)OC(CO)COP(=O)(O)OCC(CO)OC(=O)CCCCCCC/C=C\CCCCC. The summed E-state index contributed by atoms with van der Waals surface area (Å²) in [5, 5.41) is 19.2. The molecular weight excluding hydrogens is 755 g/mol. The summed E-state index contributed by atoms with van der Waals surface area (Å²) in [6.45, 7) is 2.05. The van der Waals surface area contributed by atoms with E-state index in [0.29, 0.717) is 12.8 Å². The van der Waals surface area contributed by atoms with E-state index >= 15 is 0 Å². The first-order chi connectivity index (χ1) is 28.3. The Hall–Kier alpha value is -2.33. The molecule has 0 aliphatic rings. The molecular formula is C47H83O10P. The highest BCUT2D eigenvalue weighted by molar-refractivity contribution is 7.47. The Morgan fingerprint density at radius 1 is 0.483 bits per heavy atom. The van der Waals surface area contributed by atoms with E-state index in [0.717, 1.165) is 89.9 Å². The third kappa shape index (κ3) is 40.4. The van der Waals surface area contributed by atoms with Gasteiger partial charge >= 0.3 is 19.8 Å². The molecule has 0 aromatic heterocycles. The molecule has 58 heavy (non-hydrogen) atoms. The number of phosphoric acid groups is 1. The second kappa shape index (κ2) is 42.8. The summed E-state index contributed by atoms with van der Waals surface area (Å²) in [5.41, 5.74) is 0. The number of carbonyl (C=O) groups excluding carboxylic acids is 2. The van der Waals surface area contributed by atoms with Crippen molar-refractivity contribution >= 4 is 19.8 Å². The third-order valence-corrected chi connectivity index (χ3v) is 10.4. The van der Waals surface area contributed by atoms with E-state index in [1.54, 1.807) is 0 Å². The van der Waals surface area contributed by atoms with Gasteiger partial charge in [-0.05, 0) is 77.0 Å². The summed E-state index contributed by atoms with van der Waals surface area (Å²) in [6, 6.07) is 0. The first-order valence-electron chi connectivity index (χ1n) is 22.7. The highest BCUT2D eigenvalue weighted by Gasteiger charge is 2.27. The smallest absolute Gasteiger partial charge is 0.457 e. The molecule has 10 nitrogen and oxygen atoms in total. The largest absolute Gasteiger partial charge is 0.472 e. The van der Waals surface area contributed by atoms with Crippen molar-refractivity contribution in [3.05, 3.63) is 60.8 Å². The number of hydrogen-bond donors (Lipinski definition) is 3. The molecule has 0 amide bonds. The molecule has 0 rings (SSSR count). The summed E-state index contributed by atoms with van der Waals surface area (Å²) >= 11 is 0. The van der Waals surface area contributed by atoms with Crippen LogP contribution >= 0.6 is 7.82 Å². The van der Waals surface area contributed by atoms with Gasteiger partial charge in [-0.15, -0.1) is 0 Å². The summed E-state index contributed by atoms with van der Waals surface area (Å²) in [6.07, 6.45) is 47.7. The molecule has 3 unspecified atom stereocenters. The molecule has 3 N–H and O–H groups in total. The molecule has 11 heteroatoms. The second-order valence-electron chi connectivity index (χ2n) is 15.0. The van der Waals surface area contributed by atoms with E-state index in [4.69, 9.17) is 18.5 Å². The first kappa shape index (κ1) is 55.7. The number of aliphatic hydroxyl groups excluding tert-OH is 2. The van der Waals surface area contributed by atoms with E-state index in [2.05, 4.69) is 74.6 Å². The Bertz CT molecular complexity index is 1150. The summed E-state index contributed by atoms with van der Waals surface area (Å²) < 4.78 is 32.6.